The summed E-state index contributed by atoms with van der Waals surface area (Å²) in [5, 5.41) is 0. The highest BCUT2D eigenvalue weighted by molar-refractivity contribution is 6.54. The Morgan fingerprint density at radius 2 is 1.64 bits per heavy atom. The molecule has 2 saturated heterocycles. The van der Waals surface area contributed by atoms with Crippen LogP contribution in [0, 0.1) is 0 Å². The van der Waals surface area contributed by atoms with Crippen LogP contribution in [-0.2, 0) is 18.8 Å². The number of carbonyl (C=O) groups is 1. The van der Waals surface area contributed by atoms with Crippen LogP contribution in [0.4, 0.5) is 4.79 Å². The average Bonchev–Trinajstić information content (AvgIpc) is 2.91. The first-order valence-corrected chi connectivity index (χ1v) is 12.7. The molecule has 0 N–H and O–H groups in total. The maximum Gasteiger partial charge on any atom is 0.490 e. The van der Waals surface area contributed by atoms with Crippen LogP contribution >= 0.6 is 0 Å². The lowest BCUT2D eigenvalue weighted by Gasteiger charge is -2.45. The average molecular weight is 462 g/mol. The van der Waals surface area contributed by atoms with Crippen molar-refractivity contribution in [2.75, 3.05) is 26.2 Å². The largest absolute Gasteiger partial charge is 0.490 e. The van der Waals surface area contributed by atoms with Crippen LogP contribution in [0.1, 0.15) is 80.6 Å². The Bertz CT molecular complexity index is 732. The van der Waals surface area contributed by atoms with Crippen molar-refractivity contribution in [2.45, 2.75) is 116 Å². The lowest BCUT2D eigenvalue weighted by Crippen LogP contribution is -2.51. The van der Waals surface area contributed by atoms with Gasteiger partial charge in [-0.1, -0.05) is 6.08 Å². The Morgan fingerprint density at radius 3 is 2.15 bits per heavy atom. The zero-order chi connectivity index (χ0) is 24.0. The smallest absolute Gasteiger partial charge is 0.444 e. The second kappa shape index (κ2) is 9.17. The predicted octanol–water partition coefficient (Wildman–Crippen LogP) is 4.20. The van der Waals surface area contributed by atoms with E-state index in [1.807, 2.05) is 25.7 Å². The molecule has 0 aromatic rings. The van der Waals surface area contributed by atoms with E-state index in [0.717, 1.165) is 45.2 Å². The number of piperidine rings is 1. The summed E-state index contributed by atoms with van der Waals surface area (Å²) < 4.78 is 24.3. The van der Waals surface area contributed by atoms with Gasteiger partial charge in [0.05, 0.1) is 23.4 Å². The zero-order valence-electron chi connectivity index (χ0n) is 21.7. The second-order valence-corrected chi connectivity index (χ2v) is 12.2. The number of carbonyl (C=O) groups excluding carboxylic acids is 1. The fourth-order valence-electron chi connectivity index (χ4n) is 4.96. The van der Waals surface area contributed by atoms with Gasteiger partial charge in [0.25, 0.3) is 0 Å². The second-order valence-electron chi connectivity index (χ2n) is 12.2. The van der Waals surface area contributed by atoms with Crippen molar-refractivity contribution < 1.29 is 23.6 Å². The minimum Gasteiger partial charge on any atom is -0.444 e. The van der Waals surface area contributed by atoms with Gasteiger partial charge in [0.15, 0.2) is 0 Å². The molecule has 4 aliphatic rings. The van der Waals surface area contributed by atoms with Gasteiger partial charge in [-0.2, -0.15) is 0 Å². The van der Waals surface area contributed by atoms with E-state index in [9.17, 15) is 4.79 Å². The number of hydrogen-bond acceptors (Lipinski definition) is 6. The van der Waals surface area contributed by atoms with Gasteiger partial charge in [0.2, 0.25) is 0 Å². The van der Waals surface area contributed by atoms with Crippen LogP contribution in [0.25, 0.3) is 0 Å². The Labute approximate surface area is 200 Å². The molecular weight excluding hydrogens is 419 g/mol. The maximum absolute atomic E-state index is 12.2. The number of likely N-dealkylation sites (tertiary alicyclic amines) is 1. The number of amides is 1. The van der Waals surface area contributed by atoms with Crippen LogP contribution in [0.3, 0.4) is 0 Å². The first-order chi connectivity index (χ1) is 15.3. The van der Waals surface area contributed by atoms with Crippen LogP contribution < -0.4 is 0 Å². The van der Waals surface area contributed by atoms with Crippen molar-refractivity contribution in [3.8, 4) is 0 Å². The molecular formula is C25H43BN2O5. The van der Waals surface area contributed by atoms with Gasteiger partial charge in [-0.15, -0.1) is 0 Å². The third-order valence-electron chi connectivity index (χ3n) is 7.90. The van der Waals surface area contributed by atoms with Crippen molar-refractivity contribution in [3.05, 3.63) is 11.5 Å². The Hall–Kier alpha value is -1.09. The van der Waals surface area contributed by atoms with E-state index < -0.39 is 5.60 Å². The standard InChI is InChI=1S/C25H43BN2O5/c1-23(2,3)31-22(29)28-14-10-20(11-15-28)30-21-16-19(17-21)27-12-8-18(9-13-27)26-32-24(4,5)25(6,7)33-26/h8,19-21H,9-17H2,1-7H3. The lowest BCUT2D eigenvalue weighted by molar-refractivity contribution is -0.102. The third-order valence-corrected chi connectivity index (χ3v) is 7.90. The van der Waals surface area contributed by atoms with Gasteiger partial charge in [0.1, 0.15) is 5.60 Å². The first kappa shape index (κ1) is 25.0. The fraction of sp³-hybridized carbons (Fsp3) is 0.880. The number of ether oxygens (including phenoxy) is 2. The van der Waals surface area contributed by atoms with Crippen molar-refractivity contribution in [2.24, 2.45) is 0 Å². The fourth-order valence-corrected chi connectivity index (χ4v) is 4.96. The van der Waals surface area contributed by atoms with E-state index in [0.29, 0.717) is 25.2 Å². The molecule has 4 rings (SSSR count). The SMILES string of the molecule is CC(C)(C)OC(=O)N1CCC(OC2CC(N3CC=C(B4OC(C)(C)C(C)(C)O4)CC3)C2)CC1. The molecule has 1 aliphatic carbocycles. The molecule has 0 aromatic heterocycles. The summed E-state index contributed by atoms with van der Waals surface area (Å²) in [5.74, 6) is 0. The highest BCUT2D eigenvalue weighted by atomic mass is 16.7. The summed E-state index contributed by atoms with van der Waals surface area (Å²) in [6.45, 7) is 17.6. The first-order valence-electron chi connectivity index (χ1n) is 12.7. The van der Waals surface area contributed by atoms with E-state index in [4.69, 9.17) is 18.8 Å². The minimum atomic E-state index is -0.444. The highest BCUT2D eigenvalue weighted by Crippen LogP contribution is 2.40. The molecule has 3 aliphatic heterocycles. The zero-order valence-corrected chi connectivity index (χ0v) is 21.7. The maximum atomic E-state index is 12.2. The summed E-state index contributed by atoms with van der Waals surface area (Å²) in [6.07, 6.45) is 7.70. The summed E-state index contributed by atoms with van der Waals surface area (Å²) in [7, 11) is -0.207. The van der Waals surface area contributed by atoms with Crippen LogP contribution in [-0.4, -0.2) is 84.2 Å². The van der Waals surface area contributed by atoms with Gasteiger partial charge >= 0.3 is 13.2 Å². The monoisotopic (exact) mass is 462 g/mol. The van der Waals surface area contributed by atoms with Gasteiger partial charge < -0.3 is 23.7 Å². The predicted molar refractivity (Wildman–Crippen MR) is 129 cm³/mol. The summed E-state index contributed by atoms with van der Waals surface area (Å²) in [5.41, 5.74) is 0.281. The molecule has 1 amide bonds. The van der Waals surface area contributed by atoms with Gasteiger partial charge in [-0.25, -0.2) is 4.79 Å². The molecule has 0 aromatic carbocycles. The lowest BCUT2D eigenvalue weighted by atomic mass is 9.74. The Balaban J connectivity index is 1.15. The molecule has 1 saturated carbocycles. The van der Waals surface area contributed by atoms with Crippen molar-refractivity contribution in [1.82, 2.24) is 9.80 Å². The quantitative estimate of drug-likeness (QED) is 0.584. The Morgan fingerprint density at radius 1 is 1.03 bits per heavy atom. The molecule has 33 heavy (non-hydrogen) atoms. The molecule has 7 nitrogen and oxygen atoms in total. The molecule has 0 radical (unpaired) electrons. The van der Waals surface area contributed by atoms with E-state index in [1.54, 1.807) is 0 Å². The van der Waals surface area contributed by atoms with E-state index in [1.165, 1.54) is 5.47 Å². The van der Waals surface area contributed by atoms with Gasteiger partial charge in [0, 0.05) is 32.2 Å². The minimum absolute atomic E-state index is 0.206. The van der Waals surface area contributed by atoms with Crippen LogP contribution in [0.15, 0.2) is 11.5 Å². The molecule has 0 spiro atoms. The number of hydrogen-bond donors (Lipinski definition) is 0. The normalized spacial score (nSPS) is 30.7. The number of rotatable bonds is 4. The topological polar surface area (TPSA) is 60.5 Å². The Kier molecular flexibility index (Phi) is 6.96. The molecule has 186 valence electrons. The molecule has 0 atom stereocenters. The summed E-state index contributed by atoms with van der Waals surface area (Å²) >= 11 is 0. The van der Waals surface area contributed by atoms with Gasteiger partial charge in [-0.3, -0.25) is 4.90 Å². The summed E-state index contributed by atoms with van der Waals surface area (Å²) in [4.78, 5) is 16.6. The molecule has 0 unspecified atom stereocenters. The number of nitrogens with zero attached hydrogens (tertiary/aromatic N) is 2. The molecule has 3 fully saturated rings. The molecule has 8 heteroatoms. The van der Waals surface area contributed by atoms with Crippen LogP contribution in [0.2, 0.25) is 0 Å². The van der Waals surface area contributed by atoms with Crippen LogP contribution in [0.5, 0.6) is 0 Å². The van der Waals surface area contributed by atoms with Crippen molar-refractivity contribution in [1.29, 1.82) is 0 Å². The molecule has 3 heterocycles. The van der Waals surface area contributed by atoms with Gasteiger partial charge in [-0.05, 0) is 86.0 Å². The van der Waals surface area contributed by atoms with Crippen molar-refractivity contribution >= 4 is 13.2 Å². The summed E-state index contributed by atoms with van der Waals surface area (Å²) in [6, 6.07) is 0.605. The van der Waals surface area contributed by atoms with E-state index in [2.05, 4.69) is 38.7 Å². The van der Waals surface area contributed by atoms with Crippen molar-refractivity contribution in [3.63, 3.8) is 0 Å². The molecule has 0 bridgehead atoms. The van der Waals surface area contributed by atoms with E-state index >= 15 is 0 Å². The van der Waals surface area contributed by atoms with E-state index in [-0.39, 0.29) is 30.5 Å². The third kappa shape index (κ3) is 5.77. The highest BCUT2D eigenvalue weighted by Gasteiger charge is 2.52.